The Morgan fingerprint density at radius 3 is 2.22 bits per heavy atom. The number of nitrogens with one attached hydrogen (secondary N) is 1. The van der Waals surface area contributed by atoms with Gasteiger partial charge in [0.25, 0.3) is 0 Å². The van der Waals surface area contributed by atoms with E-state index in [2.05, 4.69) is 5.32 Å². The summed E-state index contributed by atoms with van der Waals surface area (Å²) in [5.74, 6) is -1.69. The summed E-state index contributed by atoms with van der Waals surface area (Å²) < 4.78 is 135. The maximum atomic E-state index is 14.7. The molecule has 1 heterocycles. The Morgan fingerprint density at radius 2 is 1.64 bits per heavy atom. The minimum absolute atomic E-state index is 0.0216. The van der Waals surface area contributed by atoms with Crippen molar-refractivity contribution in [3.63, 3.8) is 0 Å². The van der Waals surface area contributed by atoms with Crippen LogP contribution in [0.1, 0.15) is 46.8 Å². The third-order valence-electron chi connectivity index (χ3n) is 7.00. The Morgan fingerprint density at radius 1 is 1.00 bits per heavy atom. The Kier molecular flexibility index (Phi) is 6.07. The first-order valence-corrected chi connectivity index (χ1v) is 12.2. The molecule has 196 valence electrons. The minimum Gasteiger partial charge on any atom is -0.312 e. The lowest BCUT2D eigenvalue weighted by Crippen LogP contribution is -2.51. The lowest BCUT2D eigenvalue weighted by Gasteiger charge is -2.41. The third-order valence-corrected chi connectivity index (χ3v) is 9.54. The van der Waals surface area contributed by atoms with Gasteiger partial charge in [0.2, 0.25) is 0 Å². The van der Waals surface area contributed by atoms with Crippen LogP contribution in [0, 0.1) is 5.82 Å². The number of aryl methyl sites for hydroxylation is 1. The highest BCUT2D eigenvalue weighted by atomic mass is 32.2. The molecule has 0 radical (unpaired) electrons. The Bertz CT molecular complexity index is 1320. The summed E-state index contributed by atoms with van der Waals surface area (Å²) in [6, 6.07) is 3.37. The van der Waals surface area contributed by atoms with Crippen molar-refractivity contribution in [1.29, 1.82) is 0 Å². The summed E-state index contributed by atoms with van der Waals surface area (Å²) in [7, 11) is -4.47. The predicted molar refractivity (Wildman–Crippen MR) is 111 cm³/mol. The molecule has 1 aliphatic carbocycles. The number of ketones is 1. The topological polar surface area (TPSA) is 63.2 Å². The van der Waals surface area contributed by atoms with Crippen LogP contribution in [0.3, 0.4) is 0 Å². The molecule has 0 bridgehead atoms. The molecule has 1 aliphatic heterocycles. The molecule has 36 heavy (non-hydrogen) atoms. The molecule has 0 unspecified atom stereocenters. The Labute approximate surface area is 200 Å². The molecule has 1 saturated heterocycles. The second-order valence-electron chi connectivity index (χ2n) is 8.91. The van der Waals surface area contributed by atoms with E-state index in [1.165, 1.54) is 0 Å². The number of sulfone groups is 1. The number of Topliss-reactive ketones (excluding diaryl/α,β-unsaturated/α-hetero) is 1. The predicted octanol–water partition coefficient (Wildman–Crippen LogP) is 5.30. The maximum absolute atomic E-state index is 14.7. The van der Waals surface area contributed by atoms with Crippen LogP contribution in [0.25, 0.3) is 0 Å². The summed E-state index contributed by atoms with van der Waals surface area (Å²) in [5.41, 5.74) is -8.06. The van der Waals surface area contributed by atoms with E-state index in [9.17, 15) is 48.3 Å². The number of halogens is 8. The fourth-order valence-electron chi connectivity index (χ4n) is 5.26. The number of carbonyl (C=O) groups excluding carboxylic acids is 1. The largest absolute Gasteiger partial charge is 0.435 e. The van der Waals surface area contributed by atoms with Crippen LogP contribution in [0.15, 0.2) is 41.3 Å². The van der Waals surface area contributed by atoms with E-state index in [-0.39, 0.29) is 36.9 Å². The molecule has 0 aromatic heterocycles. The van der Waals surface area contributed by atoms with Crippen molar-refractivity contribution >= 4 is 15.6 Å². The minimum atomic E-state index is -6.31. The van der Waals surface area contributed by atoms with Gasteiger partial charge in [-0.15, -0.1) is 0 Å². The zero-order chi connectivity index (χ0) is 26.9. The first kappa shape index (κ1) is 26.5. The van der Waals surface area contributed by atoms with Crippen LogP contribution in [0.5, 0.6) is 0 Å². The summed E-state index contributed by atoms with van der Waals surface area (Å²) in [5, 5.41) is 3.00. The average Bonchev–Trinajstić information content (AvgIpc) is 3.23. The monoisotopic (exact) mass is 541 g/mol. The molecule has 2 aromatic carbocycles. The molecule has 1 N–H and O–H groups in total. The highest BCUT2D eigenvalue weighted by Crippen LogP contribution is 2.55. The van der Waals surface area contributed by atoms with E-state index in [1.807, 2.05) is 0 Å². The van der Waals surface area contributed by atoms with Gasteiger partial charge < -0.3 is 5.32 Å². The Hall–Kier alpha value is -2.54. The van der Waals surface area contributed by atoms with Crippen molar-refractivity contribution in [1.82, 2.24) is 5.32 Å². The summed E-state index contributed by atoms with van der Waals surface area (Å²) in [6.45, 7) is 1.19. The van der Waals surface area contributed by atoms with Crippen molar-refractivity contribution < 1.29 is 48.3 Å². The number of hydrogen-bond donors (Lipinski definition) is 1. The van der Waals surface area contributed by atoms with Crippen LogP contribution in [0.2, 0.25) is 0 Å². The SMILES string of the molecule is CC(=O)c1cc(S(=O)(=O)[C@@]23CCN[C@@H]2CCc2cc(C(F)(C(F)(F)F)C(F)(F)F)ccc23)ccc1F. The molecule has 2 aromatic rings. The fourth-order valence-corrected chi connectivity index (χ4v) is 7.64. The number of hydrogen-bond acceptors (Lipinski definition) is 4. The standard InChI is InChI=1S/C23H19F8NO3S/c1-12(33)16-11-15(4-6-18(16)24)36(34,35)20-8-9-32-19(20)7-2-13-10-14(3-5-17(13)20)21(25,22(26,27)28)23(29,30)31/h3-6,10-11,19,32H,2,7-9H2,1H3/t19-,20-/m1/s1. The smallest absolute Gasteiger partial charge is 0.312 e. The number of benzene rings is 2. The highest BCUT2D eigenvalue weighted by Gasteiger charge is 2.73. The molecule has 2 aliphatic rings. The van der Waals surface area contributed by atoms with E-state index < -0.39 is 66.3 Å². The fraction of sp³-hybridized carbons (Fsp3) is 0.435. The second-order valence-corrected chi connectivity index (χ2v) is 11.1. The van der Waals surface area contributed by atoms with Crippen LogP contribution in [0.4, 0.5) is 35.1 Å². The van der Waals surface area contributed by atoms with E-state index in [1.54, 1.807) is 0 Å². The van der Waals surface area contributed by atoms with Gasteiger partial charge in [0.15, 0.2) is 15.6 Å². The molecule has 0 amide bonds. The van der Waals surface area contributed by atoms with E-state index in [0.29, 0.717) is 12.1 Å². The van der Waals surface area contributed by atoms with Gasteiger partial charge in [-0.3, -0.25) is 4.79 Å². The van der Waals surface area contributed by atoms with Gasteiger partial charge in [0.05, 0.1) is 10.5 Å². The summed E-state index contributed by atoms with van der Waals surface area (Å²) >= 11 is 0. The van der Waals surface area contributed by atoms with Crippen molar-refractivity contribution in [3.8, 4) is 0 Å². The number of fused-ring (bicyclic) bond motifs is 3. The third kappa shape index (κ3) is 3.57. The van der Waals surface area contributed by atoms with Gasteiger partial charge in [-0.2, -0.15) is 26.3 Å². The van der Waals surface area contributed by atoms with Gasteiger partial charge >= 0.3 is 18.0 Å². The number of rotatable bonds is 4. The van der Waals surface area contributed by atoms with Crippen molar-refractivity contribution in [2.24, 2.45) is 0 Å². The number of carbonyl (C=O) groups is 1. The lowest BCUT2D eigenvalue weighted by atomic mass is 9.77. The van der Waals surface area contributed by atoms with Gasteiger partial charge in [-0.05, 0) is 62.1 Å². The molecule has 4 nitrogen and oxygen atoms in total. The van der Waals surface area contributed by atoms with E-state index >= 15 is 0 Å². The summed E-state index contributed by atoms with van der Waals surface area (Å²) in [6.07, 6.45) is -12.8. The quantitative estimate of drug-likeness (QED) is 0.325. The molecule has 0 saturated carbocycles. The summed E-state index contributed by atoms with van der Waals surface area (Å²) in [4.78, 5) is 11.3. The zero-order valence-corrected chi connectivity index (χ0v) is 19.3. The van der Waals surface area contributed by atoms with Crippen molar-refractivity contribution in [2.75, 3.05) is 6.54 Å². The van der Waals surface area contributed by atoms with Crippen molar-refractivity contribution in [2.45, 2.75) is 59.9 Å². The first-order chi connectivity index (χ1) is 16.5. The normalized spacial score (nSPS) is 22.8. The van der Waals surface area contributed by atoms with Crippen molar-refractivity contribution in [3.05, 3.63) is 64.5 Å². The molecule has 2 atom stereocenters. The van der Waals surface area contributed by atoms with Crippen LogP contribution >= 0.6 is 0 Å². The lowest BCUT2D eigenvalue weighted by molar-refractivity contribution is -0.348. The van der Waals surface area contributed by atoms with Crippen LogP contribution in [-0.4, -0.2) is 39.1 Å². The molecular formula is C23H19F8NO3S. The molecule has 4 rings (SSSR count). The molecule has 13 heteroatoms. The Balaban J connectivity index is 1.93. The maximum Gasteiger partial charge on any atom is 0.435 e. The molecule has 0 spiro atoms. The zero-order valence-electron chi connectivity index (χ0n) is 18.5. The molecule has 1 fully saturated rings. The van der Waals surface area contributed by atoms with Gasteiger partial charge in [-0.25, -0.2) is 17.2 Å². The van der Waals surface area contributed by atoms with Gasteiger partial charge in [-0.1, -0.05) is 18.2 Å². The van der Waals surface area contributed by atoms with Crippen LogP contribution < -0.4 is 5.32 Å². The van der Waals surface area contributed by atoms with Gasteiger partial charge in [0, 0.05) is 11.6 Å². The van der Waals surface area contributed by atoms with Gasteiger partial charge in [0.1, 0.15) is 10.6 Å². The number of alkyl halides is 7. The van der Waals surface area contributed by atoms with E-state index in [4.69, 9.17) is 0 Å². The first-order valence-electron chi connectivity index (χ1n) is 10.7. The second kappa shape index (κ2) is 8.23. The average molecular weight is 541 g/mol. The van der Waals surface area contributed by atoms with Crippen LogP contribution in [-0.2, 0) is 26.7 Å². The highest BCUT2D eigenvalue weighted by molar-refractivity contribution is 7.92. The van der Waals surface area contributed by atoms with E-state index in [0.717, 1.165) is 31.2 Å². The molecular weight excluding hydrogens is 522 g/mol.